The summed E-state index contributed by atoms with van der Waals surface area (Å²) >= 11 is 0. The average molecular weight is 531 g/mol. The van der Waals surface area contributed by atoms with Crippen molar-refractivity contribution in [1.29, 1.82) is 0 Å². The van der Waals surface area contributed by atoms with Gasteiger partial charge in [-0.25, -0.2) is 8.78 Å². The maximum Gasteiger partial charge on any atom is 0.239 e. The molecule has 7 nitrogen and oxygen atoms in total. The van der Waals surface area contributed by atoms with E-state index < -0.39 is 29.7 Å². The molecule has 3 N–H and O–H groups in total. The van der Waals surface area contributed by atoms with Gasteiger partial charge < -0.3 is 20.6 Å². The van der Waals surface area contributed by atoms with Crippen LogP contribution in [-0.2, 0) is 29.0 Å². The Kier molecular flexibility index (Phi) is 11.6. The van der Waals surface area contributed by atoms with Crippen molar-refractivity contribution in [3.05, 3.63) is 70.8 Å². The zero-order valence-electron chi connectivity index (χ0n) is 22.4. The minimum atomic E-state index is -1.03. The van der Waals surface area contributed by atoms with Gasteiger partial charge in [0.15, 0.2) is 0 Å². The second kappa shape index (κ2) is 14.9. The highest BCUT2D eigenvalue weighted by Gasteiger charge is 2.27. The Labute approximate surface area is 224 Å². The van der Waals surface area contributed by atoms with Crippen LogP contribution in [0.5, 0.6) is 0 Å². The molecule has 1 aliphatic heterocycles. The van der Waals surface area contributed by atoms with Crippen molar-refractivity contribution in [2.75, 3.05) is 39.3 Å². The van der Waals surface area contributed by atoms with Crippen molar-refractivity contribution >= 4 is 11.8 Å². The molecule has 0 saturated carbocycles. The van der Waals surface area contributed by atoms with Crippen molar-refractivity contribution in [2.45, 2.75) is 58.2 Å². The van der Waals surface area contributed by atoms with E-state index in [1.807, 2.05) is 12.1 Å². The number of aliphatic hydroxyl groups is 1. The minimum absolute atomic E-state index is 0.0350. The summed E-state index contributed by atoms with van der Waals surface area (Å²) in [4.78, 5) is 29.1. The molecule has 1 aliphatic rings. The molecule has 0 radical (unpaired) electrons. The normalized spacial score (nSPS) is 15.9. The lowest BCUT2D eigenvalue weighted by Gasteiger charge is -2.34. The first-order valence-corrected chi connectivity index (χ1v) is 13.5. The lowest BCUT2D eigenvalue weighted by molar-refractivity contribution is -0.140. The van der Waals surface area contributed by atoms with E-state index in [2.05, 4.69) is 41.5 Å². The standard InChI is InChI=1S/C29H40F2N4O3/c1-3-5-9-34-10-11-35(29(38)20-34)19-28(37)33-26(15-23-13-24(30)16-25(31)14-23)27(36)18-32-17-22-8-6-7-21(4-2)12-22/h6-8,12-14,16,26-27,32,36H,3-5,9-11,15,17-20H2,1-2H3,(H,33,37)/t26-,27-/m0/s1. The largest absolute Gasteiger partial charge is 0.390 e. The van der Waals surface area contributed by atoms with Crippen LogP contribution < -0.4 is 10.6 Å². The Balaban J connectivity index is 1.61. The average Bonchev–Trinajstić information content (AvgIpc) is 2.88. The van der Waals surface area contributed by atoms with Gasteiger partial charge in [-0.2, -0.15) is 0 Å². The van der Waals surface area contributed by atoms with Crippen molar-refractivity contribution in [3.63, 3.8) is 0 Å². The number of halogens is 2. The number of unbranched alkanes of at least 4 members (excludes halogenated alkanes) is 1. The van der Waals surface area contributed by atoms with E-state index in [1.165, 1.54) is 22.6 Å². The van der Waals surface area contributed by atoms with E-state index >= 15 is 0 Å². The van der Waals surface area contributed by atoms with Gasteiger partial charge in [0.1, 0.15) is 11.6 Å². The van der Waals surface area contributed by atoms with Crippen LogP contribution >= 0.6 is 0 Å². The van der Waals surface area contributed by atoms with Crippen LogP contribution in [0.4, 0.5) is 8.78 Å². The minimum Gasteiger partial charge on any atom is -0.390 e. The van der Waals surface area contributed by atoms with E-state index in [1.54, 1.807) is 0 Å². The third kappa shape index (κ3) is 9.45. The van der Waals surface area contributed by atoms with Crippen LogP contribution in [0.1, 0.15) is 43.4 Å². The van der Waals surface area contributed by atoms with E-state index in [9.17, 15) is 23.5 Å². The molecule has 9 heteroatoms. The summed E-state index contributed by atoms with van der Waals surface area (Å²) in [6.07, 6.45) is 2.00. The predicted molar refractivity (Wildman–Crippen MR) is 143 cm³/mol. The molecule has 0 aliphatic carbocycles. The summed E-state index contributed by atoms with van der Waals surface area (Å²) in [5, 5.41) is 17.0. The lowest BCUT2D eigenvalue weighted by atomic mass is 10.0. The number of aryl methyl sites for hydroxylation is 1. The highest BCUT2D eigenvalue weighted by molar-refractivity contribution is 5.86. The molecule has 208 valence electrons. The molecule has 1 saturated heterocycles. The summed E-state index contributed by atoms with van der Waals surface area (Å²) in [6.45, 7) is 7.04. The zero-order valence-corrected chi connectivity index (χ0v) is 22.4. The Morgan fingerprint density at radius 1 is 1.05 bits per heavy atom. The quantitative estimate of drug-likeness (QED) is 0.350. The Morgan fingerprint density at radius 2 is 1.79 bits per heavy atom. The fourth-order valence-electron chi connectivity index (χ4n) is 4.65. The fraction of sp³-hybridized carbons (Fsp3) is 0.517. The molecule has 0 bridgehead atoms. The molecule has 2 atom stereocenters. The van der Waals surface area contributed by atoms with Crippen molar-refractivity contribution < 1.29 is 23.5 Å². The molecule has 2 aromatic rings. The number of piperazine rings is 1. The molecule has 38 heavy (non-hydrogen) atoms. The third-order valence-corrected chi connectivity index (χ3v) is 6.83. The lowest BCUT2D eigenvalue weighted by Crippen LogP contribution is -2.55. The molecule has 0 spiro atoms. The first-order chi connectivity index (χ1) is 18.3. The number of benzene rings is 2. The van der Waals surface area contributed by atoms with E-state index in [0.717, 1.165) is 37.4 Å². The smallest absolute Gasteiger partial charge is 0.239 e. The summed E-state index contributed by atoms with van der Waals surface area (Å²) in [5.74, 6) is -1.97. The Bertz CT molecular complexity index is 1050. The maximum atomic E-state index is 13.8. The number of hydrogen-bond donors (Lipinski definition) is 3. The van der Waals surface area contributed by atoms with Gasteiger partial charge >= 0.3 is 0 Å². The molecule has 1 fully saturated rings. The SMILES string of the molecule is CCCCN1CCN(CC(=O)N[C@@H](Cc2cc(F)cc(F)c2)[C@@H](O)CNCc2cccc(CC)c2)C(=O)C1. The summed E-state index contributed by atoms with van der Waals surface area (Å²) in [5.41, 5.74) is 2.60. The van der Waals surface area contributed by atoms with Crippen LogP contribution in [-0.4, -0.2) is 78.1 Å². The number of aliphatic hydroxyl groups excluding tert-OH is 1. The van der Waals surface area contributed by atoms with Crippen molar-refractivity contribution in [2.24, 2.45) is 0 Å². The van der Waals surface area contributed by atoms with Gasteiger partial charge in [0.25, 0.3) is 0 Å². The predicted octanol–water partition coefficient (Wildman–Crippen LogP) is 2.65. The van der Waals surface area contributed by atoms with Gasteiger partial charge in [-0.15, -0.1) is 0 Å². The van der Waals surface area contributed by atoms with Gasteiger partial charge in [0.05, 0.1) is 25.2 Å². The van der Waals surface area contributed by atoms with Crippen LogP contribution in [0.3, 0.4) is 0 Å². The first kappa shape index (κ1) is 29.7. The number of amides is 2. The second-order valence-corrected chi connectivity index (χ2v) is 9.97. The number of carbonyl (C=O) groups is 2. The van der Waals surface area contributed by atoms with Crippen LogP contribution in [0, 0.1) is 11.6 Å². The number of nitrogens with one attached hydrogen (secondary N) is 2. The van der Waals surface area contributed by atoms with Gasteiger partial charge in [-0.1, -0.05) is 44.5 Å². The zero-order chi connectivity index (χ0) is 27.5. The van der Waals surface area contributed by atoms with Crippen molar-refractivity contribution in [1.82, 2.24) is 20.4 Å². The molecule has 1 heterocycles. The van der Waals surface area contributed by atoms with Crippen molar-refractivity contribution in [3.8, 4) is 0 Å². The van der Waals surface area contributed by atoms with Crippen LogP contribution in [0.15, 0.2) is 42.5 Å². The Hall–Kier alpha value is -2.88. The molecule has 3 rings (SSSR count). The van der Waals surface area contributed by atoms with Gasteiger partial charge in [0, 0.05) is 32.2 Å². The number of nitrogens with zero attached hydrogens (tertiary/aromatic N) is 2. The van der Waals surface area contributed by atoms with E-state index in [-0.39, 0.29) is 32.0 Å². The third-order valence-electron chi connectivity index (χ3n) is 6.83. The maximum absolute atomic E-state index is 13.8. The highest BCUT2D eigenvalue weighted by Crippen LogP contribution is 2.13. The Morgan fingerprint density at radius 3 is 2.47 bits per heavy atom. The molecule has 0 aromatic heterocycles. The van der Waals surface area contributed by atoms with Gasteiger partial charge in [0.2, 0.25) is 11.8 Å². The van der Waals surface area contributed by atoms with E-state index in [0.29, 0.717) is 25.2 Å². The van der Waals surface area contributed by atoms with Gasteiger partial charge in [-0.05, 0) is 54.6 Å². The molecule has 2 amide bonds. The molecule has 0 unspecified atom stereocenters. The summed E-state index contributed by atoms with van der Waals surface area (Å²) < 4.78 is 27.6. The highest BCUT2D eigenvalue weighted by atomic mass is 19.1. The summed E-state index contributed by atoms with van der Waals surface area (Å²) in [7, 11) is 0. The summed E-state index contributed by atoms with van der Waals surface area (Å²) in [6, 6.07) is 10.5. The molecular formula is C29H40F2N4O3. The van der Waals surface area contributed by atoms with E-state index in [4.69, 9.17) is 0 Å². The van der Waals surface area contributed by atoms with Gasteiger partial charge in [-0.3, -0.25) is 14.5 Å². The fourth-order valence-corrected chi connectivity index (χ4v) is 4.65. The number of rotatable bonds is 14. The number of carbonyl (C=O) groups excluding carboxylic acids is 2. The second-order valence-electron chi connectivity index (χ2n) is 9.97. The monoisotopic (exact) mass is 530 g/mol. The van der Waals surface area contributed by atoms with Crippen LogP contribution in [0.25, 0.3) is 0 Å². The molecular weight excluding hydrogens is 490 g/mol. The number of hydrogen-bond acceptors (Lipinski definition) is 5. The van der Waals surface area contributed by atoms with Crippen LogP contribution in [0.2, 0.25) is 0 Å². The molecule has 2 aromatic carbocycles. The topological polar surface area (TPSA) is 84.9 Å². The first-order valence-electron chi connectivity index (χ1n) is 13.5.